The van der Waals surface area contributed by atoms with E-state index in [2.05, 4.69) is 15.5 Å². The van der Waals surface area contributed by atoms with Gasteiger partial charge < -0.3 is 14.2 Å². The molecule has 2 aromatic heterocycles. The number of nitrogens with one attached hydrogen (secondary N) is 1. The first kappa shape index (κ1) is 21.0. The molecule has 1 saturated carbocycles. The van der Waals surface area contributed by atoms with Crippen molar-refractivity contribution < 1.29 is 13.6 Å². The van der Waals surface area contributed by atoms with E-state index in [0.29, 0.717) is 39.6 Å². The van der Waals surface area contributed by atoms with Crippen LogP contribution in [-0.4, -0.2) is 22.1 Å². The summed E-state index contributed by atoms with van der Waals surface area (Å²) in [5, 5.41) is 13.7. The van der Waals surface area contributed by atoms with Crippen molar-refractivity contribution in [2.24, 2.45) is 0 Å². The molecule has 0 aliphatic heterocycles. The summed E-state index contributed by atoms with van der Waals surface area (Å²) in [6.45, 7) is 0. The molecule has 1 aliphatic rings. The van der Waals surface area contributed by atoms with Gasteiger partial charge in [-0.3, -0.25) is 4.79 Å². The van der Waals surface area contributed by atoms with Gasteiger partial charge in [0.05, 0.1) is 6.42 Å². The summed E-state index contributed by atoms with van der Waals surface area (Å²) < 4.78 is 11.6. The normalized spacial score (nSPS) is 18.7. The Bertz CT molecular complexity index is 1240. The van der Waals surface area contributed by atoms with Gasteiger partial charge in [0.25, 0.3) is 5.91 Å². The number of hydrogen-bond donors (Lipinski definition) is 1. The van der Waals surface area contributed by atoms with Crippen LogP contribution in [0.15, 0.2) is 57.4 Å². The van der Waals surface area contributed by atoms with E-state index in [1.165, 1.54) is 0 Å². The smallest absolute Gasteiger partial charge is 0.287 e. The van der Waals surface area contributed by atoms with E-state index in [-0.39, 0.29) is 17.9 Å². The molecule has 2 heterocycles. The van der Waals surface area contributed by atoms with E-state index < -0.39 is 0 Å². The fourth-order valence-electron chi connectivity index (χ4n) is 4.15. The fourth-order valence-corrected chi connectivity index (χ4v) is 4.45. The molecule has 1 N–H and O–H groups in total. The molecule has 4 aromatic rings. The first-order valence-electron chi connectivity index (χ1n) is 10.6. The molecule has 0 radical (unpaired) electrons. The Labute approximate surface area is 194 Å². The second kappa shape index (κ2) is 8.96. The molecule has 2 aromatic carbocycles. The van der Waals surface area contributed by atoms with Gasteiger partial charge in [-0.25, -0.2) is 0 Å². The molecule has 0 bridgehead atoms. The van der Waals surface area contributed by atoms with Crippen LogP contribution in [0, 0.1) is 0 Å². The molecule has 1 fully saturated rings. The van der Waals surface area contributed by atoms with E-state index in [1.807, 2.05) is 24.3 Å². The number of amides is 1. The van der Waals surface area contributed by atoms with E-state index in [9.17, 15) is 4.79 Å². The zero-order chi connectivity index (χ0) is 22.1. The Morgan fingerprint density at radius 2 is 1.69 bits per heavy atom. The van der Waals surface area contributed by atoms with Gasteiger partial charge in [0.2, 0.25) is 11.8 Å². The highest BCUT2D eigenvalue weighted by Crippen LogP contribution is 2.33. The lowest BCUT2D eigenvalue weighted by Crippen LogP contribution is -2.37. The Balaban J connectivity index is 1.16. The SMILES string of the molecule is O=C(N[C@H]1CC[C@H](c2nnc(Cc3ccc(Cl)cc3)o2)CC1)c1cc2cc(Cl)ccc2o1. The fraction of sp³-hybridized carbons (Fsp3) is 0.292. The summed E-state index contributed by atoms with van der Waals surface area (Å²) in [6, 6.07) is 14.7. The summed E-state index contributed by atoms with van der Waals surface area (Å²) in [6.07, 6.45) is 4.03. The average molecular weight is 470 g/mol. The Morgan fingerprint density at radius 1 is 0.938 bits per heavy atom. The molecule has 1 aliphatic carbocycles. The van der Waals surface area contributed by atoms with Crippen molar-refractivity contribution in [3.05, 3.63) is 81.7 Å². The first-order valence-corrected chi connectivity index (χ1v) is 11.4. The number of nitrogens with zero attached hydrogens (tertiary/aromatic N) is 2. The number of carbonyl (C=O) groups is 1. The summed E-state index contributed by atoms with van der Waals surface area (Å²) in [7, 11) is 0. The highest BCUT2D eigenvalue weighted by molar-refractivity contribution is 6.31. The topological polar surface area (TPSA) is 81.2 Å². The number of furan rings is 1. The van der Waals surface area contributed by atoms with Crippen LogP contribution in [0.2, 0.25) is 10.0 Å². The maximum Gasteiger partial charge on any atom is 0.287 e. The molecule has 5 rings (SSSR count). The zero-order valence-electron chi connectivity index (χ0n) is 17.2. The van der Waals surface area contributed by atoms with Crippen LogP contribution in [0.25, 0.3) is 11.0 Å². The summed E-state index contributed by atoms with van der Waals surface area (Å²) >= 11 is 11.9. The van der Waals surface area contributed by atoms with Crippen LogP contribution in [-0.2, 0) is 6.42 Å². The predicted octanol–water partition coefficient (Wildman–Crippen LogP) is 6.17. The lowest BCUT2D eigenvalue weighted by Gasteiger charge is -2.26. The van der Waals surface area contributed by atoms with Gasteiger partial charge in [-0.2, -0.15) is 0 Å². The first-order chi connectivity index (χ1) is 15.5. The third kappa shape index (κ3) is 4.66. The van der Waals surface area contributed by atoms with Crippen molar-refractivity contribution in [2.75, 3.05) is 0 Å². The van der Waals surface area contributed by atoms with Crippen LogP contribution in [0.3, 0.4) is 0 Å². The molecule has 0 spiro atoms. The lowest BCUT2D eigenvalue weighted by molar-refractivity contribution is 0.0899. The minimum Gasteiger partial charge on any atom is -0.451 e. The van der Waals surface area contributed by atoms with E-state index in [4.69, 9.17) is 32.0 Å². The number of aromatic nitrogens is 2. The van der Waals surface area contributed by atoms with Gasteiger partial charge in [0.15, 0.2) is 5.76 Å². The highest BCUT2D eigenvalue weighted by Gasteiger charge is 2.28. The second-order valence-corrected chi connectivity index (χ2v) is 9.02. The molecule has 0 saturated heterocycles. The largest absolute Gasteiger partial charge is 0.451 e. The maximum atomic E-state index is 12.6. The Kier molecular flexibility index (Phi) is 5.89. The summed E-state index contributed by atoms with van der Waals surface area (Å²) in [4.78, 5) is 12.6. The molecule has 6 nitrogen and oxygen atoms in total. The van der Waals surface area contributed by atoms with Crippen LogP contribution < -0.4 is 5.32 Å². The number of hydrogen-bond acceptors (Lipinski definition) is 5. The van der Waals surface area contributed by atoms with Crippen molar-refractivity contribution in [1.29, 1.82) is 0 Å². The molecule has 0 unspecified atom stereocenters. The highest BCUT2D eigenvalue weighted by atomic mass is 35.5. The number of halogens is 2. The van der Waals surface area contributed by atoms with Gasteiger partial charge in [-0.05, 0) is 67.6 Å². The Hall–Kier alpha value is -2.83. The average Bonchev–Trinajstić information content (AvgIpc) is 3.43. The molecular weight excluding hydrogens is 449 g/mol. The van der Waals surface area contributed by atoms with Gasteiger partial charge in [-0.15, -0.1) is 10.2 Å². The van der Waals surface area contributed by atoms with Crippen LogP contribution in [0.1, 0.15) is 59.5 Å². The van der Waals surface area contributed by atoms with Crippen molar-refractivity contribution in [3.8, 4) is 0 Å². The van der Waals surface area contributed by atoms with Gasteiger partial charge in [0, 0.05) is 27.4 Å². The lowest BCUT2D eigenvalue weighted by atomic mass is 9.86. The minimum absolute atomic E-state index is 0.0898. The van der Waals surface area contributed by atoms with Gasteiger partial charge in [0.1, 0.15) is 5.58 Å². The molecule has 8 heteroatoms. The number of fused-ring (bicyclic) bond motifs is 1. The van der Waals surface area contributed by atoms with Crippen LogP contribution in [0.4, 0.5) is 0 Å². The van der Waals surface area contributed by atoms with Crippen molar-refractivity contribution in [3.63, 3.8) is 0 Å². The number of rotatable bonds is 5. The molecule has 0 atom stereocenters. The molecule has 164 valence electrons. The molecular formula is C24H21Cl2N3O3. The Morgan fingerprint density at radius 3 is 2.47 bits per heavy atom. The maximum absolute atomic E-state index is 12.6. The standard InChI is InChI=1S/C24H21Cl2N3O3/c25-17-5-1-14(2-6-17)11-22-28-29-24(32-22)15-3-8-19(9-4-15)27-23(30)21-13-16-12-18(26)7-10-20(16)31-21/h1-2,5-7,10,12-13,15,19H,3-4,8-9,11H2,(H,27,30)/t15-,19-. The van der Waals surface area contributed by atoms with E-state index in [1.54, 1.807) is 24.3 Å². The van der Waals surface area contributed by atoms with Crippen molar-refractivity contribution in [1.82, 2.24) is 15.5 Å². The third-order valence-electron chi connectivity index (χ3n) is 5.86. The van der Waals surface area contributed by atoms with Crippen LogP contribution in [0.5, 0.6) is 0 Å². The van der Waals surface area contributed by atoms with E-state index in [0.717, 1.165) is 36.6 Å². The quantitative estimate of drug-likeness (QED) is 0.377. The van der Waals surface area contributed by atoms with Crippen molar-refractivity contribution >= 4 is 40.1 Å². The molecule has 32 heavy (non-hydrogen) atoms. The summed E-state index contributed by atoms with van der Waals surface area (Å²) in [5.41, 5.74) is 1.72. The number of carbonyl (C=O) groups excluding carboxylic acids is 1. The van der Waals surface area contributed by atoms with E-state index >= 15 is 0 Å². The minimum atomic E-state index is -0.205. The molecule has 1 amide bonds. The number of benzene rings is 2. The summed E-state index contributed by atoms with van der Waals surface area (Å²) in [5.74, 6) is 1.58. The monoisotopic (exact) mass is 469 g/mol. The van der Waals surface area contributed by atoms with Crippen molar-refractivity contribution in [2.45, 2.75) is 44.1 Å². The second-order valence-electron chi connectivity index (χ2n) is 8.15. The predicted molar refractivity (Wildman–Crippen MR) is 122 cm³/mol. The third-order valence-corrected chi connectivity index (χ3v) is 6.35. The van der Waals surface area contributed by atoms with Gasteiger partial charge >= 0.3 is 0 Å². The van der Waals surface area contributed by atoms with Crippen LogP contribution >= 0.6 is 23.2 Å². The van der Waals surface area contributed by atoms with Gasteiger partial charge in [-0.1, -0.05) is 35.3 Å². The zero-order valence-corrected chi connectivity index (χ0v) is 18.7.